The van der Waals surface area contributed by atoms with Gasteiger partial charge in [-0.1, -0.05) is 0 Å². The number of nitrogens with zero attached hydrogens (tertiary/aromatic N) is 2. The van der Waals surface area contributed by atoms with Crippen LogP contribution in [0.15, 0.2) is 24.3 Å². The Kier molecular flexibility index (Phi) is 3.58. The summed E-state index contributed by atoms with van der Waals surface area (Å²) in [6, 6.07) is 6.84. The number of nitro benzene ring substituents is 1. The molecule has 0 amide bonds. The predicted octanol–water partition coefficient (Wildman–Crippen LogP) is 0.320. The monoisotopic (exact) mass is 236 g/mol. The molecular weight excluding hydrogens is 218 g/mol. The zero-order valence-corrected chi connectivity index (χ0v) is 10.1. The van der Waals surface area contributed by atoms with Gasteiger partial charge in [0, 0.05) is 17.8 Å². The molecule has 1 fully saturated rings. The lowest BCUT2D eigenvalue weighted by molar-refractivity contribution is -0.898. The summed E-state index contributed by atoms with van der Waals surface area (Å²) >= 11 is 0. The van der Waals surface area contributed by atoms with Gasteiger partial charge in [0.25, 0.3) is 5.69 Å². The van der Waals surface area contributed by atoms with Crippen LogP contribution in [0.25, 0.3) is 0 Å². The summed E-state index contributed by atoms with van der Waals surface area (Å²) < 4.78 is 0. The number of hydrogen-bond donors (Lipinski definition) is 1. The van der Waals surface area contributed by atoms with Crippen molar-refractivity contribution in [2.45, 2.75) is 6.92 Å². The Hall–Kier alpha value is -1.62. The van der Waals surface area contributed by atoms with E-state index in [-0.39, 0.29) is 10.6 Å². The van der Waals surface area contributed by atoms with Crippen LogP contribution >= 0.6 is 0 Å². The summed E-state index contributed by atoms with van der Waals surface area (Å²) in [5, 5.41) is 10.6. The number of non-ortho nitro benzene ring substituents is 1. The predicted molar refractivity (Wildman–Crippen MR) is 66.5 cm³/mol. The van der Waals surface area contributed by atoms with Crippen molar-refractivity contribution < 1.29 is 9.82 Å². The summed E-state index contributed by atoms with van der Waals surface area (Å²) in [6.07, 6.45) is 0. The maximum absolute atomic E-state index is 10.6. The Morgan fingerprint density at radius 2 is 1.88 bits per heavy atom. The largest absolute Gasteiger partial charge is 0.360 e. The summed E-state index contributed by atoms with van der Waals surface area (Å²) in [6.45, 7) is 7.73. The van der Waals surface area contributed by atoms with E-state index in [1.54, 1.807) is 17.0 Å². The van der Waals surface area contributed by atoms with E-state index in [9.17, 15) is 10.1 Å². The Balaban J connectivity index is 2.01. The van der Waals surface area contributed by atoms with E-state index in [4.69, 9.17) is 0 Å². The molecule has 0 aliphatic carbocycles. The molecule has 0 spiro atoms. The molecule has 2 rings (SSSR count). The molecule has 1 N–H and O–H groups in total. The average molecular weight is 236 g/mol. The minimum atomic E-state index is -0.358. The van der Waals surface area contributed by atoms with Crippen LogP contribution < -0.4 is 9.80 Å². The quantitative estimate of drug-likeness (QED) is 0.607. The normalized spacial score (nSPS) is 17.1. The fraction of sp³-hybridized carbons (Fsp3) is 0.500. The maximum Gasteiger partial charge on any atom is 0.269 e. The third kappa shape index (κ3) is 2.74. The van der Waals surface area contributed by atoms with Gasteiger partial charge in [0.15, 0.2) is 0 Å². The first-order chi connectivity index (χ1) is 8.20. The van der Waals surface area contributed by atoms with Crippen molar-refractivity contribution in [2.75, 3.05) is 37.6 Å². The summed E-state index contributed by atoms with van der Waals surface area (Å²) in [5.74, 6) is 0. The zero-order chi connectivity index (χ0) is 12.3. The minimum absolute atomic E-state index is 0.159. The van der Waals surface area contributed by atoms with Gasteiger partial charge in [0.1, 0.15) is 0 Å². The Morgan fingerprint density at radius 3 is 2.35 bits per heavy atom. The number of quaternary nitrogens is 1. The summed E-state index contributed by atoms with van der Waals surface area (Å²) in [5.41, 5.74) is 1.25. The van der Waals surface area contributed by atoms with Gasteiger partial charge >= 0.3 is 0 Å². The molecule has 92 valence electrons. The van der Waals surface area contributed by atoms with Crippen molar-refractivity contribution in [1.82, 2.24) is 0 Å². The number of hydrogen-bond acceptors (Lipinski definition) is 3. The van der Waals surface area contributed by atoms with Gasteiger partial charge in [-0.25, -0.2) is 0 Å². The van der Waals surface area contributed by atoms with Gasteiger partial charge in [-0.2, -0.15) is 0 Å². The van der Waals surface area contributed by atoms with Gasteiger partial charge < -0.3 is 9.80 Å². The van der Waals surface area contributed by atoms with E-state index in [0.717, 1.165) is 31.9 Å². The van der Waals surface area contributed by atoms with Crippen LogP contribution in [0.1, 0.15) is 6.92 Å². The van der Waals surface area contributed by atoms with E-state index in [0.29, 0.717) is 0 Å². The molecule has 1 aliphatic rings. The molecular formula is C12H18N3O2+. The van der Waals surface area contributed by atoms with Gasteiger partial charge in [-0.3, -0.25) is 10.1 Å². The Labute approximate surface area is 101 Å². The fourth-order valence-electron chi connectivity index (χ4n) is 2.22. The molecule has 0 radical (unpaired) electrons. The zero-order valence-electron chi connectivity index (χ0n) is 10.1. The van der Waals surface area contributed by atoms with Crippen molar-refractivity contribution in [3.63, 3.8) is 0 Å². The van der Waals surface area contributed by atoms with Crippen LogP contribution in [-0.4, -0.2) is 37.6 Å². The third-order valence-corrected chi connectivity index (χ3v) is 3.40. The molecule has 1 aromatic carbocycles. The molecule has 1 heterocycles. The number of likely N-dealkylation sites (N-methyl/N-ethyl adjacent to an activating group) is 1. The summed E-state index contributed by atoms with van der Waals surface area (Å²) in [4.78, 5) is 14.1. The van der Waals surface area contributed by atoms with Crippen LogP contribution in [0.4, 0.5) is 11.4 Å². The molecule has 1 aliphatic heterocycles. The van der Waals surface area contributed by atoms with Crippen LogP contribution in [-0.2, 0) is 0 Å². The molecule has 1 aromatic rings. The molecule has 0 atom stereocenters. The average Bonchev–Trinajstić information content (AvgIpc) is 2.39. The molecule has 5 heteroatoms. The van der Waals surface area contributed by atoms with E-state index < -0.39 is 0 Å². The van der Waals surface area contributed by atoms with E-state index in [1.165, 1.54) is 6.54 Å². The molecule has 0 bridgehead atoms. The molecule has 0 unspecified atom stereocenters. The van der Waals surface area contributed by atoms with E-state index in [1.807, 2.05) is 12.1 Å². The number of piperazine rings is 1. The first-order valence-corrected chi connectivity index (χ1v) is 6.03. The second-order valence-electron chi connectivity index (χ2n) is 4.36. The number of benzene rings is 1. The number of nitrogens with one attached hydrogen (secondary N) is 1. The maximum atomic E-state index is 10.6. The van der Waals surface area contributed by atoms with Gasteiger partial charge in [0.2, 0.25) is 0 Å². The molecule has 1 saturated heterocycles. The second kappa shape index (κ2) is 5.14. The molecule has 0 saturated carbocycles. The smallest absolute Gasteiger partial charge is 0.269 e. The van der Waals surface area contributed by atoms with Crippen molar-refractivity contribution in [2.24, 2.45) is 0 Å². The summed E-state index contributed by atoms with van der Waals surface area (Å²) in [7, 11) is 0. The van der Waals surface area contributed by atoms with Gasteiger partial charge in [-0.15, -0.1) is 0 Å². The third-order valence-electron chi connectivity index (χ3n) is 3.40. The number of rotatable bonds is 3. The molecule has 0 aromatic heterocycles. The molecule has 5 nitrogen and oxygen atoms in total. The van der Waals surface area contributed by atoms with Gasteiger partial charge in [0.05, 0.1) is 37.6 Å². The molecule has 17 heavy (non-hydrogen) atoms. The standard InChI is InChI=1S/C12H17N3O2/c1-2-13-7-9-14(10-8-13)11-3-5-12(6-4-11)15(16)17/h3-6H,2,7-10H2,1H3/p+1. The van der Waals surface area contributed by atoms with Crippen LogP contribution in [0, 0.1) is 10.1 Å². The van der Waals surface area contributed by atoms with Crippen molar-refractivity contribution in [1.29, 1.82) is 0 Å². The van der Waals surface area contributed by atoms with Gasteiger partial charge in [-0.05, 0) is 19.1 Å². The van der Waals surface area contributed by atoms with E-state index in [2.05, 4.69) is 11.8 Å². The number of nitro groups is 1. The first-order valence-electron chi connectivity index (χ1n) is 6.03. The highest BCUT2D eigenvalue weighted by Gasteiger charge is 2.18. The lowest BCUT2D eigenvalue weighted by atomic mass is 10.2. The van der Waals surface area contributed by atoms with Crippen LogP contribution in [0.2, 0.25) is 0 Å². The highest BCUT2D eigenvalue weighted by atomic mass is 16.6. The van der Waals surface area contributed by atoms with Crippen molar-refractivity contribution >= 4 is 11.4 Å². The SMILES string of the molecule is CC[NH+]1CCN(c2ccc([N+](=O)[O-])cc2)CC1. The topological polar surface area (TPSA) is 50.8 Å². The van der Waals surface area contributed by atoms with Crippen molar-refractivity contribution in [3.8, 4) is 0 Å². The Morgan fingerprint density at radius 1 is 1.29 bits per heavy atom. The highest BCUT2D eigenvalue weighted by Crippen LogP contribution is 2.19. The Bertz CT molecular complexity index is 383. The number of anilines is 1. The van der Waals surface area contributed by atoms with Crippen LogP contribution in [0.5, 0.6) is 0 Å². The second-order valence-corrected chi connectivity index (χ2v) is 4.36. The lowest BCUT2D eigenvalue weighted by Crippen LogP contribution is -3.14. The van der Waals surface area contributed by atoms with Crippen LogP contribution in [0.3, 0.4) is 0 Å². The van der Waals surface area contributed by atoms with E-state index >= 15 is 0 Å². The minimum Gasteiger partial charge on any atom is -0.360 e. The highest BCUT2D eigenvalue weighted by molar-refractivity contribution is 5.50. The first kappa shape index (κ1) is 11.9. The lowest BCUT2D eigenvalue weighted by Gasteiger charge is -2.33. The van der Waals surface area contributed by atoms with Crippen molar-refractivity contribution in [3.05, 3.63) is 34.4 Å². The fourth-order valence-corrected chi connectivity index (χ4v) is 2.22.